The Balaban J connectivity index is 2.74. The number of amides is 2. The smallest absolute Gasteiger partial charge is 0.326 e. The predicted molar refractivity (Wildman–Crippen MR) is 69.4 cm³/mol. The van der Waals surface area contributed by atoms with E-state index in [-0.39, 0.29) is 24.3 Å². The molecule has 0 bridgehead atoms. The monoisotopic (exact) mass is 270 g/mol. The molecule has 1 heterocycles. The van der Waals surface area contributed by atoms with Gasteiger partial charge in [0.2, 0.25) is 11.8 Å². The molecule has 0 aromatic carbocycles. The molecule has 2 unspecified atom stereocenters. The van der Waals surface area contributed by atoms with Crippen molar-refractivity contribution in [2.75, 3.05) is 13.6 Å². The number of likely N-dealkylation sites (tertiary alicyclic amines) is 1. The van der Waals surface area contributed by atoms with E-state index < -0.39 is 17.9 Å². The Morgan fingerprint density at radius 1 is 1.47 bits per heavy atom. The molecule has 1 rings (SSSR count). The van der Waals surface area contributed by atoms with Gasteiger partial charge in [-0.3, -0.25) is 9.59 Å². The van der Waals surface area contributed by atoms with E-state index in [1.165, 1.54) is 11.9 Å². The van der Waals surface area contributed by atoms with E-state index >= 15 is 0 Å². The Hall–Kier alpha value is -1.59. The van der Waals surface area contributed by atoms with Crippen LogP contribution in [0.4, 0.5) is 0 Å². The van der Waals surface area contributed by atoms with Crippen LogP contribution in [0.3, 0.4) is 0 Å². The molecule has 0 aromatic rings. The molecule has 19 heavy (non-hydrogen) atoms. The van der Waals surface area contributed by atoms with Crippen molar-refractivity contribution in [1.82, 2.24) is 9.80 Å². The summed E-state index contributed by atoms with van der Waals surface area (Å²) in [6.07, 6.45) is 0.531. The zero-order chi connectivity index (χ0) is 14.7. The lowest BCUT2D eigenvalue weighted by atomic mass is 10.1. The van der Waals surface area contributed by atoms with E-state index in [0.717, 1.165) is 0 Å². The minimum Gasteiger partial charge on any atom is -0.480 e. The summed E-state index contributed by atoms with van der Waals surface area (Å²) in [5, 5.41) is 9.06. The van der Waals surface area contributed by atoms with Crippen LogP contribution in [0.1, 0.15) is 33.6 Å². The van der Waals surface area contributed by atoms with Crippen LogP contribution in [-0.4, -0.2) is 58.4 Å². The normalized spacial score (nSPS) is 20.8. The highest BCUT2D eigenvalue weighted by Gasteiger charge is 2.38. The molecule has 1 fully saturated rings. The number of likely N-dealkylation sites (N-methyl/N-ethyl adjacent to an activating group) is 1. The first-order valence-corrected chi connectivity index (χ1v) is 6.58. The van der Waals surface area contributed by atoms with Gasteiger partial charge in [0.05, 0.1) is 5.92 Å². The fourth-order valence-corrected chi connectivity index (χ4v) is 2.45. The van der Waals surface area contributed by atoms with Gasteiger partial charge >= 0.3 is 5.97 Å². The lowest BCUT2D eigenvalue weighted by Crippen LogP contribution is -2.45. The van der Waals surface area contributed by atoms with Crippen molar-refractivity contribution in [3.63, 3.8) is 0 Å². The lowest BCUT2D eigenvalue weighted by molar-refractivity contribution is -0.150. The van der Waals surface area contributed by atoms with Crippen molar-refractivity contribution in [1.29, 1.82) is 0 Å². The van der Waals surface area contributed by atoms with E-state index in [1.807, 2.05) is 13.8 Å². The topological polar surface area (TPSA) is 77.9 Å². The molecule has 1 aliphatic rings. The molecule has 1 N–H and O–H groups in total. The van der Waals surface area contributed by atoms with Crippen LogP contribution in [0, 0.1) is 5.92 Å². The quantitative estimate of drug-likeness (QED) is 0.792. The van der Waals surface area contributed by atoms with E-state index in [2.05, 4.69) is 0 Å². The third kappa shape index (κ3) is 3.24. The number of carboxylic acids is 1. The van der Waals surface area contributed by atoms with Crippen LogP contribution in [0.5, 0.6) is 0 Å². The summed E-state index contributed by atoms with van der Waals surface area (Å²) in [5.74, 6) is -1.73. The van der Waals surface area contributed by atoms with E-state index in [4.69, 9.17) is 5.11 Å². The Bertz CT molecular complexity index is 381. The molecule has 2 amide bonds. The molecule has 1 saturated heterocycles. The summed E-state index contributed by atoms with van der Waals surface area (Å²) in [4.78, 5) is 38.0. The Kier molecular flexibility index (Phi) is 4.91. The van der Waals surface area contributed by atoms with Crippen molar-refractivity contribution in [2.24, 2.45) is 5.92 Å². The average molecular weight is 270 g/mol. The number of carbonyl (C=O) groups is 3. The molecule has 0 aromatic heterocycles. The van der Waals surface area contributed by atoms with Gasteiger partial charge in [-0.25, -0.2) is 4.79 Å². The van der Waals surface area contributed by atoms with Crippen LogP contribution in [-0.2, 0) is 14.4 Å². The fraction of sp³-hybridized carbons (Fsp3) is 0.769. The maximum Gasteiger partial charge on any atom is 0.326 e. The number of hydrogen-bond acceptors (Lipinski definition) is 3. The van der Waals surface area contributed by atoms with Gasteiger partial charge in [-0.15, -0.1) is 0 Å². The van der Waals surface area contributed by atoms with Crippen LogP contribution in [0.15, 0.2) is 0 Å². The maximum atomic E-state index is 12.2. The molecular formula is C13H22N2O4. The standard InChI is InChI=1S/C13H22N2O4/c1-5-10(13(18)19)14(4)12(17)9-6-11(16)15(7-9)8(2)3/h8-10H,5-7H2,1-4H3,(H,18,19). The average Bonchev–Trinajstić information content (AvgIpc) is 2.70. The molecule has 0 aliphatic carbocycles. The van der Waals surface area contributed by atoms with Gasteiger partial charge in [-0.05, 0) is 20.3 Å². The molecule has 108 valence electrons. The summed E-state index contributed by atoms with van der Waals surface area (Å²) < 4.78 is 0. The summed E-state index contributed by atoms with van der Waals surface area (Å²) >= 11 is 0. The van der Waals surface area contributed by atoms with Crippen LogP contribution in [0.25, 0.3) is 0 Å². The Morgan fingerprint density at radius 3 is 2.42 bits per heavy atom. The zero-order valence-electron chi connectivity index (χ0n) is 11.9. The molecule has 6 nitrogen and oxygen atoms in total. The molecule has 1 aliphatic heterocycles. The van der Waals surface area contributed by atoms with Gasteiger partial charge in [-0.2, -0.15) is 0 Å². The summed E-state index contributed by atoms with van der Waals surface area (Å²) in [5.41, 5.74) is 0. The largest absolute Gasteiger partial charge is 0.480 e. The molecule has 0 spiro atoms. The van der Waals surface area contributed by atoms with Crippen molar-refractivity contribution < 1.29 is 19.5 Å². The summed E-state index contributed by atoms with van der Waals surface area (Å²) in [6, 6.07) is -0.757. The first-order chi connectivity index (χ1) is 8.79. The SMILES string of the molecule is CCC(C(=O)O)N(C)C(=O)C1CC(=O)N(C(C)C)C1. The second kappa shape index (κ2) is 6.04. The molecule has 6 heteroatoms. The van der Waals surface area contributed by atoms with Crippen molar-refractivity contribution in [3.8, 4) is 0 Å². The van der Waals surface area contributed by atoms with E-state index in [9.17, 15) is 14.4 Å². The number of nitrogens with zero attached hydrogens (tertiary/aromatic N) is 2. The van der Waals surface area contributed by atoms with E-state index in [1.54, 1.807) is 11.8 Å². The zero-order valence-corrected chi connectivity index (χ0v) is 11.9. The number of hydrogen-bond donors (Lipinski definition) is 1. The lowest BCUT2D eigenvalue weighted by Gasteiger charge is -2.27. The van der Waals surface area contributed by atoms with Crippen molar-refractivity contribution in [2.45, 2.75) is 45.7 Å². The molecule has 2 atom stereocenters. The summed E-state index contributed by atoms with van der Waals surface area (Å²) in [7, 11) is 1.49. The van der Waals surface area contributed by atoms with Gasteiger partial charge in [0.1, 0.15) is 6.04 Å². The highest BCUT2D eigenvalue weighted by Crippen LogP contribution is 2.22. The van der Waals surface area contributed by atoms with Crippen LogP contribution >= 0.6 is 0 Å². The number of aliphatic carboxylic acids is 1. The second-order valence-electron chi connectivity index (χ2n) is 5.25. The third-order valence-corrected chi connectivity index (χ3v) is 3.62. The highest BCUT2D eigenvalue weighted by atomic mass is 16.4. The molecular weight excluding hydrogens is 248 g/mol. The third-order valence-electron chi connectivity index (χ3n) is 3.62. The van der Waals surface area contributed by atoms with Crippen LogP contribution in [0.2, 0.25) is 0 Å². The van der Waals surface area contributed by atoms with E-state index in [0.29, 0.717) is 13.0 Å². The Morgan fingerprint density at radius 2 is 2.05 bits per heavy atom. The number of carbonyl (C=O) groups excluding carboxylic acids is 2. The van der Waals surface area contributed by atoms with Gasteiger partial charge in [0.15, 0.2) is 0 Å². The minimum atomic E-state index is -1.01. The van der Waals surface area contributed by atoms with Gasteiger partial charge in [0.25, 0.3) is 0 Å². The minimum absolute atomic E-state index is 0.0369. The van der Waals surface area contributed by atoms with Gasteiger partial charge < -0.3 is 14.9 Å². The van der Waals surface area contributed by atoms with Crippen molar-refractivity contribution in [3.05, 3.63) is 0 Å². The van der Waals surface area contributed by atoms with Gasteiger partial charge in [0, 0.05) is 26.1 Å². The molecule has 0 radical (unpaired) electrons. The molecule has 0 saturated carbocycles. The highest BCUT2D eigenvalue weighted by molar-refractivity contribution is 5.91. The second-order valence-corrected chi connectivity index (χ2v) is 5.25. The predicted octanol–water partition coefficient (Wildman–Crippen LogP) is 0.565. The van der Waals surface area contributed by atoms with Gasteiger partial charge in [-0.1, -0.05) is 6.92 Å². The summed E-state index contributed by atoms with van der Waals surface area (Å²) in [6.45, 7) is 5.92. The fourth-order valence-electron chi connectivity index (χ4n) is 2.45. The first-order valence-electron chi connectivity index (χ1n) is 6.58. The maximum absolute atomic E-state index is 12.2. The number of carboxylic acid groups (broad SMARTS) is 1. The number of rotatable bonds is 5. The Labute approximate surface area is 113 Å². The van der Waals surface area contributed by atoms with Crippen molar-refractivity contribution >= 4 is 17.8 Å². The first kappa shape index (κ1) is 15.5. The van der Waals surface area contributed by atoms with Crippen LogP contribution < -0.4 is 0 Å².